The Hall–Kier alpha value is -4.76. The van der Waals surface area contributed by atoms with Crippen molar-refractivity contribution in [1.29, 1.82) is 10.5 Å². The zero-order valence-corrected chi connectivity index (χ0v) is 28.4. The lowest BCUT2D eigenvalue weighted by Gasteiger charge is -2.36. The summed E-state index contributed by atoms with van der Waals surface area (Å²) in [6, 6.07) is 6.46. The van der Waals surface area contributed by atoms with Gasteiger partial charge in [0.1, 0.15) is 40.9 Å². The number of hydrogen-bond acceptors (Lipinski definition) is 10. The Balaban J connectivity index is 0.00000193. The number of hydrogen-bond donors (Lipinski definition) is 2. The average Bonchev–Trinajstić information content (AvgIpc) is 3.77. The molecule has 4 aromatic rings. The molecular weight excluding hydrogens is 669 g/mol. The Bertz CT molecular complexity index is 2200. The number of thiophene rings is 1. The van der Waals surface area contributed by atoms with Crippen LogP contribution in [-0.4, -0.2) is 65.8 Å². The van der Waals surface area contributed by atoms with E-state index in [1.54, 1.807) is 0 Å². The van der Waals surface area contributed by atoms with E-state index in [-0.39, 0.29) is 80.1 Å². The van der Waals surface area contributed by atoms with Gasteiger partial charge in [0.25, 0.3) is 6.08 Å². The molecule has 1 unspecified atom stereocenters. The van der Waals surface area contributed by atoms with Crippen molar-refractivity contribution in [1.82, 2.24) is 20.2 Å². The summed E-state index contributed by atoms with van der Waals surface area (Å²) in [5.41, 5.74) is 6.30. The number of aromatic nitrogens is 2. The number of rotatable bonds is 4. The van der Waals surface area contributed by atoms with E-state index in [2.05, 4.69) is 22.9 Å². The molecule has 4 aliphatic heterocycles. The van der Waals surface area contributed by atoms with Crippen molar-refractivity contribution in [3.05, 3.63) is 58.7 Å². The second-order valence-corrected chi connectivity index (χ2v) is 13.8. The lowest BCUT2D eigenvalue weighted by atomic mass is 9.86. The van der Waals surface area contributed by atoms with Gasteiger partial charge in [-0.1, -0.05) is 26.5 Å². The molecule has 0 bridgehead atoms. The summed E-state index contributed by atoms with van der Waals surface area (Å²) in [7, 11) is 0. The third-order valence-corrected chi connectivity index (χ3v) is 11.2. The van der Waals surface area contributed by atoms with Crippen molar-refractivity contribution in [2.24, 2.45) is 0 Å². The normalized spacial score (nSPS) is 21.3. The highest BCUT2D eigenvalue weighted by Gasteiger charge is 2.48. The Labute approximate surface area is 290 Å². The number of anilines is 2. The van der Waals surface area contributed by atoms with Gasteiger partial charge in [-0.3, -0.25) is 4.90 Å². The Morgan fingerprint density at radius 3 is 2.66 bits per heavy atom. The minimum Gasteiger partial charge on any atom is -0.461 e. The summed E-state index contributed by atoms with van der Waals surface area (Å²) in [6.45, 7) is 11.0. The maximum atomic E-state index is 17.3. The van der Waals surface area contributed by atoms with Crippen LogP contribution < -0.4 is 20.7 Å². The molecule has 14 heteroatoms. The second kappa shape index (κ2) is 12.8. The molecule has 0 spiro atoms. The molecule has 258 valence electrons. The molecule has 4 aliphatic rings. The highest BCUT2D eigenvalue weighted by atomic mass is 32.1. The predicted octanol–water partition coefficient (Wildman–Crippen LogP) is 7.10. The predicted molar refractivity (Wildman–Crippen MR) is 186 cm³/mol. The SMILES string of the molecule is C=C1C[C@@H]2CNCCN2c2nc(OCC34CCCN3CC(=C(F)F)C4)nc3c(F)c(-c4ccc(F)c5sc(N)c(C#N)c45)c(C#N)c1c23.CC. The van der Waals surface area contributed by atoms with Gasteiger partial charge in [-0.15, -0.1) is 11.3 Å². The van der Waals surface area contributed by atoms with E-state index in [9.17, 15) is 19.3 Å². The Kier molecular flexibility index (Phi) is 8.67. The van der Waals surface area contributed by atoms with E-state index in [4.69, 9.17) is 15.5 Å². The molecule has 3 N–H and O–H groups in total. The summed E-state index contributed by atoms with van der Waals surface area (Å²) in [4.78, 5) is 13.4. The van der Waals surface area contributed by atoms with E-state index in [1.165, 1.54) is 6.07 Å². The number of benzene rings is 2. The fourth-order valence-corrected chi connectivity index (χ4v) is 9.02. The molecule has 0 radical (unpaired) electrons. The molecule has 9 nitrogen and oxygen atoms in total. The first-order valence-corrected chi connectivity index (χ1v) is 17.4. The number of nitrogen functional groups attached to an aromatic ring is 1. The van der Waals surface area contributed by atoms with Crippen molar-refractivity contribution >= 4 is 48.7 Å². The third kappa shape index (κ3) is 5.08. The second-order valence-electron chi connectivity index (χ2n) is 12.8. The van der Waals surface area contributed by atoms with Crippen LogP contribution in [-0.2, 0) is 0 Å². The van der Waals surface area contributed by atoms with Gasteiger partial charge in [-0.05, 0) is 49.4 Å². The van der Waals surface area contributed by atoms with Crippen LogP contribution in [0, 0.1) is 34.3 Å². The minimum absolute atomic E-state index is 0.0109. The molecule has 2 aromatic heterocycles. The van der Waals surface area contributed by atoms with E-state index in [0.29, 0.717) is 61.4 Å². The first kappa shape index (κ1) is 33.7. The number of nitrogens with two attached hydrogens (primary N) is 1. The molecular formula is C36H34F4N8OS. The molecule has 6 heterocycles. The van der Waals surface area contributed by atoms with Crippen molar-refractivity contribution < 1.29 is 22.3 Å². The standard InChI is InChI=1S/C34H28F4N8OS.C2H6/c1-16-9-18-13-42-6-8-46(18)32-26-23(16)20(11-39)24(19-3-4-22(35)29-25(19)21(12-40)31(41)48-29)27(36)28(26)43-33(44-32)47-15-34-5-2-7-45(34)14-17(10-34)30(37)38;1-2/h3-4,18,42H,1-2,5-10,13-15,41H2;1-2H3/t18-,34?;/m1./s1. The van der Waals surface area contributed by atoms with Gasteiger partial charge in [0, 0.05) is 54.3 Å². The number of piperazine rings is 1. The van der Waals surface area contributed by atoms with Crippen LogP contribution in [0.4, 0.5) is 28.4 Å². The first-order chi connectivity index (χ1) is 24.2. The zero-order chi connectivity index (χ0) is 35.5. The molecule has 0 aliphatic carbocycles. The summed E-state index contributed by atoms with van der Waals surface area (Å²) in [5.74, 6) is -1.11. The molecule has 0 saturated carbocycles. The molecule has 2 atom stereocenters. The van der Waals surface area contributed by atoms with Crippen LogP contribution in [0.1, 0.15) is 56.2 Å². The fourth-order valence-electron chi connectivity index (χ4n) is 8.07. The first-order valence-electron chi connectivity index (χ1n) is 16.6. The highest BCUT2D eigenvalue weighted by Crippen LogP contribution is 2.49. The van der Waals surface area contributed by atoms with Crippen molar-refractivity contribution in [2.45, 2.75) is 51.1 Å². The molecule has 3 fully saturated rings. The maximum absolute atomic E-state index is 17.3. The number of nitriles is 2. The summed E-state index contributed by atoms with van der Waals surface area (Å²) >= 11 is 0.877. The van der Waals surface area contributed by atoms with Crippen molar-refractivity contribution in [3.63, 3.8) is 0 Å². The maximum Gasteiger partial charge on any atom is 0.319 e. The lowest BCUT2D eigenvalue weighted by molar-refractivity contribution is 0.108. The largest absolute Gasteiger partial charge is 0.461 e. The van der Waals surface area contributed by atoms with Crippen molar-refractivity contribution in [3.8, 4) is 29.3 Å². The van der Waals surface area contributed by atoms with Gasteiger partial charge in [0.2, 0.25) is 0 Å². The molecule has 2 aromatic carbocycles. The van der Waals surface area contributed by atoms with Crippen LogP contribution in [0.3, 0.4) is 0 Å². The highest BCUT2D eigenvalue weighted by molar-refractivity contribution is 7.23. The molecule has 3 saturated heterocycles. The van der Waals surface area contributed by atoms with Gasteiger partial charge in [0.05, 0.1) is 26.8 Å². The quantitative estimate of drug-likeness (QED) is 0.214. The van der Waals surface area contributed by atoms with E-state index >= 15 is 8.78 Å². The number of halogens is 4. The average molecular weight is 703 g/mol. The van der Waals surface area contributed by atoms with Crippen LogP contribution in [0.25, 0.3) is 37.7 Å². The van der Waals surface area contributed by atoms with E-state index in [1.807, 2.05) is 29.7 Å². The van der Waals surface area contributed by atoms with Crippen LogP contribution in [0.2, 0.25) is 0 Å². The number of nitrogens with one attached hydrogen (secondary N) is 1. The number of nitrogens with zero attached hydrogens (tertiary/aromatic N) is 6. The van der Waals surface area contributed by atoms with Crippen LogP contribution in [0.5, 0.6) is 6.01 Å². The Morgan fingerprint density at radius 1 is 1.14 bits per heavy atom. The van der Waals surface area contributed by atoms with Gasteiger partial charge >= 0.3 is 6.01 Å². The molecule has 50 heavy (non-hydrogen) atoms. The molecule has 8 rings (SSSR count). The number of ether oxygens (including phenoxy) is 1. The molecule has 0 amide bonds. The van der Waals surface area contributed by atoms with Gasteiger partial charge in [0.15, 0.2) is 5.82 Å². The van der Waals surface area contributed by atoms with Crippen molar-refractivity contribution in [2.75, 3.05) is 50.0 Å². The summed E-state index contributed by atoms with van der Waals surface area (Å²) < 4.78 is 65.9. The van der Waals surface area contributed by atoms with Gasteiger partial charge in [-0.25, -0.2) is 8.78 Å². The van der Waals surface area contributed by atoms with Crippen LogP contribution in [0.15, 0.2) is 30.4 Å². The topological polar surface area (TPSA) is 127 Å². The monoisotopic (exact) mass is 702 g/mol. The summed E-state index contributed by atoms with van der Waals surface area (Å²) in [6.07, 6.45) is 0.415. The zero-order valence-electron chi connectivity index (χ0n) is 27.6. The van der Waals surface area contributed by atoms with E-state index in [0.717, 1.165) is 23.8 Å². The number of fused-ring (bicyclic) bond motifs is 4. The third-order valence-electron chi connectivity index (χ3n) is 10.2. The van der Waals surface area contributed by atoms with Gasteiger partial charge in [-0.2, -0.15) is 29.3 Å². The minimum atomic E-state index is -1.67. The fraction of sp³-hybridized carbons (Fsp3) is 0.389. The lowest BCUT2D eigenvalue weighted by Crippen LogP contribution is -2.51. The summed E-state index contributed by atoms with van der Waals surface area (Å²) in [5, 5.41) is 24.5. The van der Waals surface area contributed by atoms with E-state index < -0.39 is 23.3 Å². The Morgan fingerprint density at radius 2 is 1.92 bits per heavy atom. The van der Waals surface area contributed by atoms with Crippen LogP contribution >= 0.6 is 11.3 Å². The smallest absolute Gasteiger partial charge is 0.319 e. The van der Waals surface area contributed by atoms with Gasteiger partial charge < -0.3 is 20.7 Å².